The number of nitrogens with zero attached hydrogens (tertiary/aromatic N) is 4. The van der Waals surface area contributed by atoms with Crippen LogP contribution in [0, 0.1) is 11.8 Å². The third kappa shape index (κ3) is 3.90. The number of hydrogen-bond acceptors (Lipinski definition) is 4. The molecule has 1 N–H and O–H groups in total. The highest BCUT2D eigenvalue weighted by molar-refractivity contribution is 5.76. The Labute approximate surface area is 149 Å². The van der Waals surface area contributed by atoms with Crippen molar-refractivity contribution in [1.29, 1.82) is 0 Å². The van der Waals surface area contributed by atoms with Gasteiger partial charge in [-0.2, -0.15) is 5.10 Å². The fraction of sp³-hybridized carbons (Fsp3) is 0.789. The summed E-state index contributed by atoms with van der Waals surface area (Å²) in [5.41, 5.74) is 2.00. The van der Waals surface area contributed by atoms with Crippen LogP contribution in [0.2, 0.25) is 0 Å². The van der Waals surface area contributed by atoms with E-state index in [1.165, 1.54) is 5.69 Å². The molecule has 1 unspecified atom stereocenters. The summed E-state index contributed by atoms with van der Waals surface area (Å²) >= 11 is 0. The molecule has 4 rings (SSSR count). The van der Waals surface area contributed by atoms with E-state index >= 15 is 0 Å². The molecule has 0 spiro atoms. The van der Waals surface area contributed by atoms with E-state index in [2.05, 4.69) is 23.0 Å². The molecule has 25 heavy (non-hydrogen) atoms. The van der Waals surface area contributed by atoms with Crippen molar-refractivity contribution in [3.05, 3.63) is 17.5 Å². The minimum Gasteiger partial charge on any atom is -0.386 e. The normalized spacial score (nSPS) is 23.5. The lowest BCUT2D eigenvalue weighted by Crippen LogP contribution is -2.41. The SMILES string of the molecule is CC1CCN(C(=O)CCN2CCn3nc(C(O)C4CC4)cc3C2)CC1. The van der Waals surface area contributed by atoms with E-state index in [9.17, 15) is 9.90 Å². The van der Waals surface area contributed by atoms with Crippen LogP contribution in [0.5, 0.6) is 0 Å². The number of fused-ring (bicyclic) bond motifs is 1. The van der Waals surface area contributed by atoms with E-state index < -0.39 is 6.10 Å². The maximum Gasteiger partial charge on any atom is 0.223 e. The first-order valence-electron chi connectivity index (χ1n) is 9.85. The van der Waals surface area contributed by atoms with Crippen LogP contribution in [-0.2, 0) is 17.9 Å². The summed E-state index contributed by atoms with van der Waals surface area (Å²) in [5, 5.41) is 14.9. The molecule has 1 saturated carbocycles. The first-order valence-corrected chi connectivity index (χ1v) is 9.85. The standard InChI is InChI=1S/C19H30N4O2/c1-14-4-8-22(9-5-14)18(24)6-7-21-10-11-23-16(13-21)12-17(20-23)19(25)15-2-3-15/h12,14-15,19,25H,2-11,13H2,1H3. The maximum atomic E-state index is 12.4. The molecule has 6 nitrogen and oxygen atoms in total. The summed E-state index contributed by atoms with van der Waals surface area (Å²) in [6.07, 6.45) is 4.73. The highest BCUT2D eigenvalue weighted by Gasteiger charge is 2.33. The molecular formula is C19H30N4O2. The van der Waals surface area contributed by atoms with Gasteiger partial charge in [-0.05, 0) is 43.6 Å². The summed E-state index contributed by atoms with van der Waals surface area (Å²) in [6.45, 7) is 7.54. The van der Waals surface area contributed by atoms with E-state index in [1.807, 2.05) is 9.58 Å². The Hall–Kier alpha value is -1.40. The van der Waals surface area contributed by atoms with Gasteiger partial charge in [0.1, 0.15) is 6.10 Å². The Morgan fingerprint density at radius 3 is 2.72 bits per heavy atom. The number of rotatable bonds is 5. The molecule has 0 aromatic carbocycles. The molecule has 1 aromatic rings. The number of aromatic nitrogens is 2. The highest BCUT2D eigenvalue weighted by atomic mass is 16.3. The van der Waals surface area contributed by atoms with Crippen LogP contribution < -0.4 is 0 Å². The van der Waals surface area contributed by atoms with E-state index in [1.54, 1.807) is 0 Å². The first-order chi connectivity index (χ1) is 12.1. The summed E-state index contributed by atoms with van der Waals surface area (Å²) in [7, 11) is 0. The van der Waals surface area contributed by atoms with Gasteiger partial charge in [0, 0.05) is 39.1 Å². The van der Waals surface area contributed by atoms with Crippen molar-refractivity contribution >= 4 is 5.91 Å². The van der Waals surface area contributed by atoms with Crippen molar-refractivity contribution in [1.82, 2.24) is 19.6 Å². The minimum absolute atomic E-state index is 0.302. The zero-order chi connectivity index (χ0) is 17.4. The molecule has 3 heterocycles. The average Bonchev–Trinajstić information content (AvgIpc) is 3.38. The van der Waals surface area contributed by atoms with Gasteiger partial charge in [0.15, 0.2) is 0 Å². The van der Waals surface area contributed by atoms with Crippen molar-refractivity contribution in [2.75, 3.05) is 26.2 Å². The van der Waals surface area contributed by atoms with E-state index in [0.717, 1.165) is 76.6 Å². The van der Waals surface area contributed by atoms with Crippen molar-refractivity contribution in [3.8, 4) is 0 Å². The number of carbonyl (C=O) groups is 1. The quantitative estimate of drug-likeness (QED) is 0.883. The zero-order valence-corrected chi connectivity index (χ0v) is 15.2. The highest BCUT2D eigenvalue weighted by Crippen LogP contribution is 2.40. The van der Waals surface area contributed by atoms with Crippen LogP contribution in [0.3, 0.4) is 0 Å². The van der Waals surface area contributed by atoms with Gasteiger partial charge >= 0.3 is 0 Å². The lowest BCUT2D eigenvalue weighted by atomic mass is 9.99. The van der Waals surface area contributed by atoms with Crippen LogP contribution in [0.25, 0.3) is 0 Å². The average molecular weight is 346 g/mol. The zero-order valence-electron chi connectivity index (χ0n) is 15.2. The van der Waals surface area contributed by atoms with Gasteiger partial charge in [0.25, 0.3) is 0 Å². The van der Waals surface area contributed by atoms with Crippen molar-refractivity contribution in [3.63, 3.8) is 0 Å². The van der Waals surface area contributed by atoms with Gasteiger partial charge in [-0.15, -0.1) is 0 Å². The molecule has 2 fully saturated rings. The van der Waals surface area contributed by atoms with Crippen LogP contribution in [0.15, 0.2) is 6.07 Å². The van der Waals surface area contributed by atoms with Gasteiger partial charge in [0.2, 0.25) is 5.91 Å². The summed E-state index contributed by atoms with van der Waals surface area (Å²) < 4.78 is 2.03. The maximum absolute atomic E-state index is 12.4. The molecule has 2 aliphatic heterocycles. The molecule has 138 valence electrons. The van der Waals surface area contributed by atoms with E-state index in [0.29, 0.717) is 18.2 Å². The minimum atomic E-state index is -0.394. The molecule has 3 aliphatic rings. The third-order valence-corrected chi connectivity index (χ3v) is 6.05. The van der Waals surface area contributed by atoms with Gasteiger partial charge in [0.05, 0.1) is 17.9 Å². The fourth-order valence-electron chi connectivity index (χ4n) is 4.00. The number of piperidine rings is 1. The summed E-state index contributed by atoms with van der Waals surface area (Å²) in [5.74, 6) is 1.47. The number of amides is 1. The van der Waals surface area contributed by atoms with Crippen molar-refractivity contribution < 1.29 is 9.90 Å². The summed E-state index contributed by atoms with van der Waals surface area (Å²) in [6, 6.07) is 2.06. The van der Waals surface area contributed by atoms with Crippen LogP contribution in [0.1, 0.15) is 56.5 Å². The predicted octanol–water partition coefficient (Wildman–Crippen LogP) is 1.79. The fourth-order valence-corrected chi connectivity index (χ4v) is 4.00. The number of hydrogen-bond donors (Lipinski definition) is 1. The molecule has 1 atom stereocenters. The second-order valence-corrected chi connectivity index (χ2v) is 8.16. The number of aliphatic hydroxyl groups is 1. The number of aliphatic hydroxyl groups excluding tert-OH is 1. The number of carbonyl (C=O) groups excluding carboxylic acids is 1. The molecule has 1 aromatic heterocycles. The van der Waals surface area contributed by atoms with Crippen LogP contribution >= 0.6 is 0 Å². The Kier molecular flexibility index (Phi) is 4.82. The Morgan fingerprint density at radius 2 is 2.00 bits per heavy atom. The second kappa shape index (κ2) is 7.08. The van der Waals surface area contributed by atoms with Gasteiger partial charge in [-0.1, -0.05) is 6.92 Å². The molecular weight excluding hydrogens is 316 g/mol. The lowest BCUT2D eigenvalue weighted by Gasteiger charge is -2.32. The Morgan fingerprint density at radius 1 is 1.24 bits per heavy atom. The molecule has 0 bridgehead atoms. The number of likely N-dealkylation sites (tertiary alicyclic amines) is 1. The van der Waals surface area contributed by atoms with Gasteiger partial charge in [-0.25, -0.2) is 0 Å². The van der Waals surface area contributed by atoms with E-state index in [4.69, 9.17) is 0 Å². The monoisotopic (exact) mass is 346 g/mol. The molecule has 1 amide bonds. The Balaban J connectivity index is 1.28. The topological polar surface area (TPSA) is 61.6 Å². The summed E-state index contributed by atoms with van der Waals surface area (Å²) in [4.78, 5) is 16.8. The van der Waals surface area contributed by atoms with Crippen molar-refractivity contribution in [2.45, 2.75) is 58.2 Å². The second-order valence-electron chi connectivity index (χ2n) is 8.16. The third-order valence-electron chi connectivity index (χ3n) is 6.05. The molecule has 0 radical (unpaired) electrons. The molecule has 1 aliphatic carbocycles. The largest absolute Gasteiger partial charge is 0.386 e. The smallest absolute Gasteiger partial charge is 0.223 e. The lowest BCUT2D eigenvalue weighted by molar-refractivity contribution is -0.132. The first kappa shape index (κ1) is 17.0. The van der Waals surface area contributed by atoms with Crippen molar-refractivity contribution in [2.24, 2.45) is 11.8 Å². The predicted molar refractivity (Wildman–Crippen MR) is 94.8 cm³/mol. The van der Waals surface area contributed by atoms with Gasteiger partial charge < -0.3 is 10.0 Å². The molecule has 1 saturated heterocycles. The van der Waals surface area contributed by atoms with Crippen LogP contribution in [0.4, 0.5) is 0 Å². The van der Waals surface area contributed by atoms with E-state index in [-0.39, 0.29) is 0 Å². The Bertz CT molecular complexity index is 617. The van der Waals surface area contributed by atoms with Gasteiger partial charge in [-0.3, -0.25) is 14.4 Å². The molecule has 6 heteroatoms. The van der Waals surface area contributed by atoms with Crippen LogP contribution in [-0.4, -0.2) is 56.8 Å².